The van der Waals surface area contributed by atoms with Gasteiger partial charge in [-0.3, -0.25) is 0 Å². The molecule has 0 saturated carbocycles. The molecule has 0 aliphatic carbocycles. The molecular weight excluding hydrogens is 247 g/mol. The summed E-state index contributed by atoms with van der Waals surface area (Å²) in [5, 5.41) is 7.53. The first-order valence-electron chi connectivity index (χ1n) is 4.82. The Morgan fingerprint density at radius 3 is 2.56 bits per heavy atom. The van der Waals surface area contributed by atoms with Crippen LogP contribution in [-0.4, -0.2) is 6.54 Å². The highest BCUT2D eigenvalue weighted by atomic mass is 35.5. The summed E-state index contributed by atoms with van der Waals surface area (Å²) in [6.07, 6.45) is 0. The maximum Gasteiger partial charge on any atom is 0.0622 e. The van der Waals surface area contributed by atoms with Crippen molar-refractivity contribution in [1.29, 1.82) is 0 Å². The predicted molar refractivity (Wildman–Crippen MR) is 68.6 cm³/mol. The summed E-state index contributed by atoms with van der Waals surface area (Å²) in [5.41, 5.74) is 9.59. The smallest absolute Gasteiger partial charge is 0.0622 e. The van der Waals surface area contributed by atoms with Gasteiger partial charge in [0.1, 0.15) is 0 Å². The van der Waals surface area contributed by atoms with Crippen LogP contribution in [0.5, 0.6) is 0 Å². The molecule has 0 aliphatic rings. The number of anilines is 1. The molecule has 0 amide bonds. The number of halogens is 2. The Labute approximate surface area is 104 Å². The van der Waals surface area contributed by atoms with Crippen molar-refractivity contribution in [2.24, 2.45) is 11.0 Å². The van der Waals surface area contributed by atoms with Crippen molar-refractivity contribution >= 4 is 34.6 Å². The van der Waals surface area contributed by atoms with Crippen LogP contribution in [0.1, 0.15) is 13.8 Å². The third kappa shape index (κ3) is 3.49. The van der Waals surface area contributed by atoms with E-state index >= 15 is 0 Å². The van der Waals surface area contributed by atoms with E-state index in [0.29, 0.717) is 27.3 Å². The van der Waals surface area contributed by atoms with Crippen LogP contribution in [0.4, 0.5) is 11.4 Å². The molecule has 0 fully saturated rings. The monoisotopic (exact) mass is 258 g/mol. The number of hydrogen-bond acceptors (Lipinski definition) is 2. The van der Waals surface area contributed by atoms with Crippen LogP contribution in [0.15, 0.2) is 17.2 Å². The topological polar surface area (TPSA) is 60.8 Å². The van der Waals surface area contributed by atoms with E-state index in [-0.39, 0.29) is 0 Å². The molecule has 0 heterocycles. The van der Waals surface area contributed by atoms with Gasteiger partial charge in [0.05, 0.1) is 15.7 Å². The van der Waals surface area contributed by atoms with Crippen molar-refractivity contribution in [2.45, 2.75) is 13.8 Å². The first kappa shape index (κ1) is 13.0. The first-order chi connectivity index (χ1) is 7.54. The van der Waals surface area contributed by atoms with Gasteiger partial charge in [-0.25, -0.2) is 0 Å². The maximum absolute atomic E-state index is 8.44. The number of azide groups is 1. The molecule has 0 aromatic heterocycles. The largest absolute Gasteiger partial charge is 0.384 e. The highest BCUT2D eigenvalue weighted by Gasteiger charge is 2.06. The number of benzene rings is 1. The van der Waals surface area contributed by atoms with Crippen molar-refractivity contribution in [2.75, 3.05) is 11.9 Å². The Morgan fingerprint density at radius 2 is 2.00 bits per heavy atom. The number of nitrogens with one attached hydrogen (secondary N) is 1. The third-order valence-corrected chi connectivity index (χ3v) is 2.61. The lowest BCUT2D eigenvalue weighted by Gasteiger charge is -2.12. The van der Waals surface area contributed by atoms with Gasteiger partial charge >= 0.3 is 0 Å². The van der Waals surface area contributed by atoms with Crippen LogP contribution in [-0.2, 0) is 0 Å². The van der Waals surface area contributed by atoms with Gasteiger partial charge < -0.3 is 5.32 Å². The van der Waals surface area contributed by atoms with Crippen LogP contribution >= 0.6 is 23.2 Å². The predicted octanol–water partition coefficient (Wildman–Crippen LogP) is 5.00. The second-order valence-corrected chi connectivity index (χ2v) is 4.56. The molecule has 1 N–H and O–H groups in total. The molecule has 16 heavy (non-hydrogen) atoms. The van der Waals surface area contributed by atoms with Gasteiger partial charge in [-0.1, -0.05) is 42.2 Å². The SMILES string of the molecule is CC(C)CNc1cc(Cl)c(Cl)cc1N=[N+]=[N-]. The van der Waals surface area contributed by atoms with Crippen molar-refractivity contribution in [3.8, 4) is 0 Å². The fourth-order valence-electron chi connectivity index (χ4n) is 1.12. The first-order valence-corrected chi connectivity index (χ1v) is 5.58. The van der Waals surface area contributed by atoms with Crippen molar-refractivity contribution in [3.05, 3.63) is 32.6 Å². The zero-order chi connectivity index (χ0) is 12.1. The number of hydrogen-bond donors (Lipinski definition) is 1. The molecule has 0 atom stereocenters. The molecule has 4 nitrogen and oxygen atoms in total. The summed E-state index contributed by atoms with van der Waals surface area (Å²) >= 11 is 11.7. The highest BCUT2D eigenvalue weighted by molar-refractivity contribution is 6.42. The van der Waals surface area contributed by atoms with E-state index in [1.165, 1.54) is 0 Å². The molecule has 0 aliphatic heterocycles. The van der Waals surface area contributed by atoms with E-state index in [2.05, 4.69) is 29.2 Å². The molecule has 0 bridgehead atoms. The zero-order valence-electron chi connectivity index (χ0n) is 9.04. The Hall–Kier alpha value is -1.09. The minimum atomic E-state index is 0.374. The van der Waals surface area contributed by atoms with Crippen LogP contribution in [0.25, 0.3) is 10.4 Å². The molecule has 1 aromatic rings. The molecule has 0 spiro atoms. The Kier molecular flexibility index (Phi) is 4.74. The van der Waals surface area contributed by atoms with E-state index in [1.807, 2.05) is 0 Å². The normalized spacial score (nSPS) is 10.1. The number of nitrogens with zero attached hydrogens (tertiary/aromatic N) is 3. The molecule has 0 radical (unpaired) electrons. The minimum Gasteiger partial charge on any atom is -0.384 e. The van der Waals surface area contributed by atoms with Crippen LogP contribution < -0.4 is 5.32 Å². The minimum absolute atomic E-state index is 0.374. The van der Waals surface area contributed by atoms with Gasteiger partial charge in [0, 0.05) is 17.1 Å². The molecule has 1 aromatic carbocycles. The van der Waals surface area contributed by atoms with Gasteiger partial charge in [0.2, 0.25) is 0 Å². The van der Waals surface area contributed by atoms with Crippen molar-refractivity contribution in [1.82, 2.24) is 0 Å². The third-order valence-electron chi connectivity index (χ3n) is 1.89. The number of rotatable bonds is 4. The van der Waals surface area contributed by atoms with E-state index < -0.39 is 0 Å². The van der Waals surface area contributed by atoms with E-state index in [4.69, 9.17) is 28.7 Å². The quantitative estimate of drug-likeness (QED) is 0.461. The second-order valence-electron chi connectivity index (χ2n) is 3.75. The average molecular weight is 259 g/mol. The lowest BCUT2D eigenvalue weighted by atomic mass is 10.2. The van der Waals surface area contributed by atoms with Gasteiger partial charge in [0.15, 0.2) is 0 Å². The fraction of sp³-hybridized carbons (Fsp3) is 0.400. The molecule has 6 heteroatoms. The van der Waals surface area contributed by atoms with Gasteiger partial charge in [0.25, 0.3) is 0 Å². The summed E-state index contributed by atoms with van der Waals surface area (Å²) in [4.78, 5) is 2.75. The van der Waals surface area contributed by atoms with E-state index in [0.717, 1.165) is 6.54 Å². The van der Waals surface area contributed by atoms with Crippen molar-refractivity contribution < 1.29 is 0 Å². The van der Waals surface area contributed by atoms with Gasteiger partial charge in [-0.15, -0.1) is 0 Å². The van der Waals surface area contributed by atoms with Gasteiger partial charge in [-0.05, 0) is 23.6 Å². The maximum atomic E-state index is 8.44. The summed E-state index contributed by atoms with van der Waals surface area (Å²) in [6.45, 7) is 4.93. The Balaban J connectivity index is 3.04. The van der Waals surface area contributed by atoms with Gasteiger partial charge in [-0.2, -0.15) is 0 Å². The summed E-state index contributed by atoms with van der Waals surface area (Å²) < 4.78 is 0. The highest BCUT2D eigenvalue weighted by Crippen LogP contribution is 2.34. The van der Waals surface area contributed by atoms with E-state index in [9.17, 15) is 0 Å². The van der Waals surface area contributed by atoms with Crippen LogP contribution in [0.3, 0.4) is 0 Å². The summed E-state index contributed by atoms with van der Waals surface area (Å²) in [7, 11) is 0. The molecule has 0 unspecified atom stereocenters. The molecular formula is C10H12Cl2N4. The fourth-order valence-corrected chi connectivity index (χ4v) is 1.44. The summed E-state index contributed by atoms with van der Waals surface area (Å²) in [6, 6.07) is 3.21. The van der Waals surface area contributed by atoms with Crippen LogP contribution in [0, 0.1) is 5.92 Å². The van der Waals surface area contributed by atoms with E-state index in [1.54, 1.807) is 12.1 Å². The Bertz CT molecular complexity index is 425. The van der Waals surface area contributed by atoms with Crippen LogP contribution in [0.2, 0.25) is 10.0 Å². The lowest BCUT2D eigenvalue weighted by Crippen LogP contribution is -2.07. The van der Waals surface area contributed by atoms with Crippen molar-refractivity contribution in [3.63, 3.8) is 0 Å². The summed E-state index contributed by atoms with van der Waals surface area (Å²) in [5.74, 6) is 0.480. The molecule has 0 saturated heterocycles. The molecule has 86 valence electrons. The lowest BCUT2D eigenvalue weighted by molar-refractivity contribution is 0.689. The average Bonchev–Trinajstić information content (AvgIpc) is 2.21. The second kappa shape index (κ2) is 5.85. The zero-order valence-corrected chi connectivity index (χ0v) is 10.5. The molecule has 1 rings (SSSR count). The standard InChI is InChI=1S/C10H12Cl2N4/c1-6(2)5-14-9-3-7(11)8(12)4-10(9)15-16-13/h3-4,6,14H,5H2,1-2H3. The Morgan fingerprint density at radius 1 is 1.38 bits per heavy atom.